The number of rotatable bonds is 1. The predicted molar refractivity (Wildman–Crippen MR) is 61.0 cm³/mol. The molecule has 2 aromatic heterocycles. The Morgan fingerprint density at radius 2 is 1.81 bits per heavy atom. The van der Waals surface area contributed by atoms with Crippen LogP contribution in [-0.2, 0) is 0 Å². The van der Waals surface area contributed by atoms with Gasteiger partial charge in [-0.15, -0.1) is 0 Å². The quantitative estimate of drug-likeness (QED) is 0.649. The van der Waals surface area contributed by atoms with Crippen LogP contribution in [-0.4, -0.2) is 20.3 Å². The van der Waals surface area contributed by atoms with Gasteiger partial charge in [0, 0.05) is 10.9 Å². The molecule has 0 saturated heterocycles. The van der Waals surface area contributed by atoms with Gasteiger partial charge in [-0.05, 0) is 36.4 Å². The minimum atomic E-state index is 0.256. The smallest absolute Gasteiger partial charge is 0.155 e. The topological polar surface area (TPSA) is 61.8 Å². The van der Waals surface area contributed by atoms with Crippen LogP contribution in [0.4, 0.5) is 0 Å². The van der Waals surface area contributed by atoms with Crippen molar-refractivity contribution in [1.29, 1.82) is 0 Å². The van der Waals surface area contributed by atoms with Crippen molar-refractivity contribution in [3.63, 3.8) is 0 Å². The first kappa shape index (κ1) is 8.91. The van der Waals surface area contributed by atoms with E-state index in [1.165, 1.54) is 0 Å². The Morgan fingerprint density at radius 1 is 1.00 bits per heavy atom. The van der Waals surface area contributed by atoms with Gasteiger partial charge >= 0.3 is 0 Å². The van der Waals surface area contributed by atoms with E-state index in [4.69, 9.17) is 0 Å². The van der Waals surface area contributed by atoms with E-state index in [9.17, 15) is 5.11 Å². The molecular formula is C12H9N3O. The number of fused-ring (bicyclic) bond motifs is 1. The van der Waals surface area contributed by atoms with E-state index in [-0.39, 0.29) is 5.75 Å². The number of nitrogens with one attached hydrogen (secondary N) is 1. The molecule has 2 heterocycles. The van der Waals surface area contributed by atoms with E-state index in [1.54, 1.807) is 18.3 Å². The van der Waals surface area contributed by atoms with Gasteiger partial charge in [0.25, 0.3) is 0 Å². The van der Waals surface area contributed by atoms with Crippen LogP contribution in [0.2, 0.25) is 0 Å². The molecule has 3 aromatic rings. The third-order valence-electron chi connectivity index (χ3n) is 2.46. The summed E-state index contributed by atoms with van der Waals surface area (Å²) in [6.45, 7) is 0. The largest absolute Gasteiger partial charge is 0.508 e. The maximum absolute atomic E-state index is 9.21. The van der Waals surface area contributed by atoms with Crippen molar-refractivity contribution < 1.29 is 5.11 Å². The zero-order chi connectivity index (χ0) is 11.0. The molecule has 0 bridgehead atoms. The van der Waals surface area contributed by atoms with Gasteiger partial charge < -0.3 is 5.11 Å². The highest BCUT2D eigenvalue weighted by molar-refractivity contribution is 5.77. The second-order valence-corrected chi connectivity index (χ2v) is 3.55. The molecule has 0 unspecified atom stereocenters. The van der Waals surface area contributed by atoms with E-state index >= 15 is 0 Å². The van der Waals surface area contributed by atoms with E-state index in [0.29, 0.717) is 0 Å². The fraction of sp³-hybridized carbons (Fsp3) is 0. The summed E-state index contributed by atoms with van der Waals surface area (Å²) in [5, 5.41) is 16.9. The molecular weight excluding hydrogens is 202 g/mol. The third-order valence-corrected chi connectivity index (χ3v) is 2.46. The molecule has 0 amide bonds. The van der Waals surface area contributed by atoms with Crippen LogP contribution in [0.3, 0.4) is 0 Å². The molecule has 0 spiro atoms. The van der Waals surface area contributed by atoms with Gasteiger partial charge in [-0.1, -0.05) is 0 Å². The Bertz CT molecular complexity index is 628. The SMILES string of the molecule is Oc1ccc(-c2ccc3cn[nH]c3n2)cc1. The van der Waals surface area contributed by atoms with Gasteiger partial charge in [-0.25, -0.2) is 4.98 Å². The molecule has 0 aliphatic carbocycles. The Hall–Kier alpha value is -2.36. The predicted octanol–water partition coefficient (Wildman–Crippen LogP) is 2.33. The number of H-pyrrole nitrogens is 1. The molecule has 2 N–H and O–H groups in total. The minimum Gasteiger partial charge on any atom is -0.508 e. The molecule has 0 atom stereocenters. The van der Waals surface area contributed by atoms with Crippen LogP contribution >= 0.6 is 0 Å². The maximum Gasteiger partial charge on any atom is 0.155 e. The molecule has 3 rings (SSSR count). The number of aromatic amines is 1. The van der Waals surface area contributed by atoms with Gasteiger partial charge in [0.2, 0.25) is 0 Å². The molecule has 16 heavy (non-hydrogen) atoms. The fourth-order valence-electron chi connectivity index (χ4n) is 1.62. The minimum absolute atomic E-state index is 0.256. The van der Waals surface area contributed by atoms with Crippen molar-refractivity contribution >= 4 is 11.0 Å². The Kier molecular flexibility index (Phi) is 1.86. The molecule has 4 heteroatoms. The number of phenols is 1. The first-order valence-electron chi connectivity index (χ1n) is 4.92. The van der Waals surface area contributed by atoms with Crippen LogP contribution in [0.25, 0.3) is 22.3 Å². The zero-order valence-electron chi connectivity index (χ0n) is 8.38. The number of aromatic hydroxyl groups is 1. The van der Waals surface area contributed by atoms with Gasteiger partial charge in [0.15, 0.2) is 5.65 Å². The van der Waals surface area contributed by atoms with E-state index in [2.05, 4.69) is 15.2 Å². The number of phenolic OH excluding ortho intramolecular Hbond substituents is 1. The fourth-order valence-corrected chi connectivity index (χ4v) is 1.62. The van der Waals surface area contributed by atoms with Crippen molar-refractivity contribution in [3.05, 3.63) is 42.6 Å². The van der Waals surface area contributed by atoms with Crippen LogP contribution < -0.4 is 0 Å². The summed E-state index contributed by atoms with van der Waals surface area (Å²) in [6, 6.07) is 10.9. The number of benzene rings is 1. The first-order chi connectivity index (χ1) is 7.83. The van der Waals surface area contributed by atoms with Crippen LogP contribution in [0.5, 0.6) is 5.75 Å². The number of aromatic nitrogens is 3. The summed E-state index contributed by atoms with van der Waals surface area (Å²) in [5.74, 6) is 0.256. The lowest BCUT2D eigenvalue weighted by atomic mass is 10.1. The van der Waals surface area contributed by atoms with Crippen molar-refractivity contribution in [3.8, 4) is 17.0 Å². The van der Waals surface area contributed by atoms with Crippen LogP contribution in [0.1, 0.15) is 0 Å². The Labute approximate surface area is 91.6 Å². The van der Waals surface area contributed by atoms with Crippen molar-refractivity contribution in [2.45, 2.75) is 0 Å². The van der Waals surface area contributed by atoms with Gasteiger partial charge in [0.1, 0.15) is 5.75 Å². The summed E-state index contributed by atoms with van der Waals surface area (Å²) in [5.41, 5.74) is 2.59. The number of hydrogen-bond donors (Lipinski definition) is 2. The van der Waals surface area contributed by atoms with Crippen LogP contribution in [0.15, 0.2) is 42.6 Å². The molecule has 0 radical (unpaired) electrons. The highest BCUT2D eigenvalue weighted by Gasteiger charge is 2.02. The van der Waals surface area contributed by atoms with Crippen molar-refractivity contribution in [2.75, 3.05) is 0 Å². The summed E-state index contributed by atoms with van der Waals surface area (Å²) in [6.07, 6.45) is 1.74. The number of hydrogen-bond acceptors (Lipinski definition) is 3. The molecule has 0 saturated carbocycles. The van der Waals surface area contributed by atoms with Crippen LogP contribution in [0, 0.1) is 0 Å². The lowest BCUT2D eigenvalue weighted by Gasteiger charge is -2.00. The normalized spacial score (nSPS) is 10.8. The second kappa shape index (κ2) is 3.34. The Balaban J connectivity index is 2.14. The molecule has 0 aliphatic heterocycles. The first-order valence-corrected chi connectivity index (χ1v) is 4.92. The number of pyridine rings is 1. The number of nitrogens with zero attached hydrogens (tertiary/aromatic N) is 2. The third kappa shape index (κ3) is 1.40. The Morgan fingerprint density at radius 3 is 2.62 bits per heavy atom. The molecule has 78 valence electrons. The second-order valence-electron chi connectivity index (χ2n) is 3.55. The van der Waals surface area contributed by atoms with Gasteiger partial charge in [0.05, 0.1) is 11.9 Å². The van der Waals surface area contributed by atoms with Crippen molar-refractivity contribution in [2.24, 2.45) is 0 Å². The lowest BCUT2D eigenvalue weighted by Crippen LogP contribution is -1.83. The van der Waals surface area contributed by atoms with Gasteiger partial charge in [-0.2, -0.15) is 5.10 Å². The summed E-state index contributed by atoms with van der Waals surface area (Å²) in [4.78, 5) is 4.44. The summed E-state index contributed by atoms with van der Waals surface area (Å²) >= 11 is 0. The lowest BCUT2D eigenvalue weighted by molar-refractivity contribution is 0.475. The summed E-state index contributed by atoms with van der Waals surface area (Å²) in [7, 11) is 0. The van der Waals surface area contributed by atoms with E-state index in [0.717, 1.165) is 22.3 Å². The summed E-state index contributed by atoms with van der Waals surface area (Å²) < 4.78 is 0. The monoisotopic (exact) mass is 211 g/mol. The average Bonchev–Trinajstić information content (AvgIpc) is 2.77. The highest BCUT2D eigenvalue weighted by Crippen LogP contribution is 2.21. The standard InChI is InChI=1S/C12H9N3O/c16-10-4-1-8(2-5-10)11-6-3-9-7-13-15-12(9)14-11/h1-7,16H,(H,13,14,15). The molecule has 0 fully saturated rings. The van der Waals surface area contributed by atoms with Gasteiger partial charge in [-0.3, -0.25) is 5.10 Å². The average molecular weight is 211 g/mol. The van der Waals surface area contributed by atoms with E-state index < -0.39 is 0 Å². The highest BCUT2D eigenvalue weighted by atomic mass is 16.3. The van der Waals surface area contributed by atoms with Crippen molar-refractivity contribution in [1.82, 2.24) is 15.2 Å². The maximum atomic E-state index is 9.21. The zero-order valence-corrected chi connectivity index (χ0v) is 8.38. The molecule has 0 aliphatic rings. The molecule has 1 aromatic carbocycles. The van der Waals surface area contributed by atoms with E-state index in [1.807, 2.05) is 24.3 Å². The molecule has 4 nitrogen and oxygen atoms in total.